The molecule has 39 heavy (non-hydrogen) atoms. The highest BCUT2D eigenvalue weighted by molar-refractivity contribution is 5.89. The Morgan fingerprint density at radius 3 is 2.08 bits per heavy atom. The van der Waals surface area contributed by atoms with Gasteiger partial charge in [-0.2, -0.15) is 8.78 Å². The van der Waals surface area contributed by atoms with Gasteiger partial charge in [0.2, 0.25) is 0 Å². The smallest absolute Gasteiger partial charge is 0.400 e. The molecule has 2 rings (SSSR count). The number of unbranched alkanes of at least 4 members (excludes halogenated alkanes) is 2. The molecule has 0 radical (unpaired) electrons. The van der Waals surface area contributed by atoms with Gasteiger partial charge in [-0.15, -0.1) is 0 Å². The van der Waals surface area contributed by atoms with Crippen molar-refractivity contribution < 1.29 is 37.7 Å². The maximum Gasteiger partial charge on any atom is 0.400 e. The number of ether oxygens (including phenoxy) is 3. The third-order valence-corrected chi connectivity index (χ3v) is 7.31. The largest absolute Gasteiger partial charge is 0.462 e. The Bertz CT molecular complexity index is 972. The van der Waals surface area contributed by atoms with Crippen LogP contribution in [0.15, 0.2) is 48.6 Å². The molecule has 0 bridgehead atoms. The van der Waals surface area contributed by atoms with Gasteiger partial charge in [0, 0.05) is 5.57 Å². The van der Waals surface area contributed by atoms with E-state index in [0.717, 1.165) is 32.1 Å². The fraction of sp³-hybridized carbons (Fsp3) is 0.613. The molecule has 1 aliphatic carbocycles. The Hall–Kier alpha value is -2.74. The van der Waals surface area contributed by atoms with E-state index in [-0.39, 0.29) is 30.1 Å². The van der Waals surface area contributed by atoms with Gasteiger partial charge in [0.1, 0.15) is 19.0 Å². The molecule has 0 saturated heterocycles. The summed E-state index contributed by atoms with van der Waals surface area (Å²) in [5, 5.41) is 10.00. The van der Waals surface area contributed by atoms with E-state index in [4.69, 9.17) is 14.2 Å². The molecule has 1 aliphatic rings. The van der Waals surface area contributed by atoms with Crippen LogP contribution in [-0.2, 0) is 19.1 Å². The van der Waals surface area contributed by atoms with Crippen LogP contribution in [0.2, 0.25) is 0 Å². The Kier molecular flexibility index (Phi) is 12.1. The highest BCUT2D eigenvalue weighted by Crippen LogP contribution is 2.41. The van der Waals surface area contributed by atoms with Gasteiger partial charge >= 0.3 is 18.0 Å². The number of aliphatic hydroxyl groups is 1. The van der Waals surface area contributed by atoms with Gasteiger partial charge in [-0.1, -0.05) is 57.9 Å². The van der Waals surface area contributed by atoms with Crippen molar-refractivity contribution in [2.45, 2.75) is 96.7 Å². The normalized spacial score (nSPS) is 18.6. The summed E-state index contributed by atoms with van der Waals surface area (Å²) in [4.78, 5) is 24.2. The first-order chi connectivity index (χ1) is 18.2. The first kappa shape index (κ1) is 32.5. The SMILES string of the molecule is C=C(C)C(=O)OCC(COC(=O)C(=C)C(C)(C)O)c1ccc(OC(F)(F)C2CCC(CCCCC)CC2)cc1. The van der Waals surface area contributed by atoms with E-state index in [1.807, 2.05) is 0 Å². The number of halogens is 2. The minimum Gasteiger partial charge on any atom is -0.462 e. The number of esters is 2. The van der Waals surface area contributed by atoms with E-state index in [1.165, 1.54) is 39.3 Å². The molecule has 0 aromatic heterocycles. The van der Waals surface area contributed by atoms with Crippen LogP contribution in [0.1, 0.15) is 90.5 Å². The van der Waals surface area contributed by atoms with E-state index < -0.39 is 35.5 Å². The number of carbonyl (C=O) groups excluding carboxylic acids is 2. The first-order valence-corrected chi connectivity index (χ1v) is 13.8. The maximum atomic E-state index is 15.0. The molecule has 8 heteroatoms. The van der Waals surface area contributed by atoms with Gasteiger partial charge in [0.05, 0.1) is 23.0 Å². The van der Waals surface area contributed by atoms with Gasteiger partial charge in [0.25, 0.3) is 0 Å². The van der Waals surface area contributed by atoms with Gasteiger partial charge in [0.15, 0.2) is 0 Å². The monoisotopic (exact) mass is 550 g/mol. The Morgan fingerprint density at radius 2 is 1.56 bits per heavy atom. The zero-order valence-corrected chi connectivity index (χ0v) is 23.8. The second kappa shape index (κ2) is 14.6. The van der Waals surface area contributed by atoms with Crippen molar-refractivity contribution in [2.24, 2.45) is 11.8 Å². The zero-order valence-electron chi connectivity index (χ0n) is 23.8. The average Bonchev–Trinajstić information content (AvgIpc) is 2.88. The van der Waals surface area contributed by atoms with E-state index in [2.05, 4.69) is 20.1 Å². The van der Waals surface area contributed by atoms with Crippen LogP contribution in [0.25, 0.3) is 0 Å². The van der Waals surface area contributed by atoms with Crippen LogP contribution >= 0.6 is 0 Å². The molecular weight excluding hydrogens is 506 g/mol. The Labute approximate surface area is 231 Å². The Morgan fingerprint density at radius 1 is 1.00 bits per heavy atom. The van der Waals surface area contributed by atoms with E-state index in [1.54, 1.807) is 12.1 Å². The summed E-state index contributed by atoms with van der Waals surface area (Å²) in [5.74, 6) is -2.26. The summed E-state index contributed by atoms with van der Waals surface area (Å²) >= 11 is 0. The predicted molar refractivity (Wildman–Crippen MR) is 147 cm³/mol. The lowest BCUT2D eigenvalue weighted by Gasteiger charge is -2.33. The fourth-order valence-corrected chi connectivity index (χ4v) is 4.57. The first-order valence-electron chi connectivity index (χ1n) is 13.8. The molecule has 0 amide bonds. The van der Waals surface area contributed by atoms with Crippen molar-refractivity contribution in [1.29, 1.82) is 0 Å². The molecule has 1 N–H and O–H groups in total. The second-order valence-electron chi connectivity index (χ2n) is 11.2. The number of alkyl halides is 2. The summed E-state index contributed by atoms with van der Waals surface area (Å²) in [5.41, 5.74) is -0.782. The minimum atomic E-state index is -3.28. The van der Waals surface area contributed by atoms with Crippen LogP contribution in [0.4, 0.5) is 8.78 Å². The molecule has 0 aliphatic heterocycles. The van der Waals surface area contributed by atoms with Crippen LogP contribution in [-0.4, -0.2) is 42.0 Å². The number of hydrogen-bond acceptors (Lipinski definition) is 6. The molecule has 6 nitrogen and oxygen atoms in total. The molecule has 1 aromatic rings. The van der Waals surface area contributed by atoms with Gasteiger partial charge in [-0.3, -0.25) is 0 Å². The zero-order chi connectivity index (χ0) is 29.2. The van der Waals surface area contributed by atoms with Crippen molar-refractivity contribution in [3.63, 3.8) is 0 Å². The number of benzene rings is 1. The molecule has 0 spiro atoms. The fourth-order valence-electron chi connectivity index (χ4n) is 4.57. The highest BCUT2D eigenvalue weighted by atomic mass is 19.3. The van der Waals surface area contributed by atoms with Crippen molar-refractivity contribution in [3.8, 4) is 5.75 Å². The molecule has 1 fully saturated rings. The molecule has 218 valence electrons. The molecule has 1 unspecified atom stereocenters. The quantitative estimate of drug-likeness (QED) is 0.142. The summed E-state index contributed by atoms with van der Waals surface area (Å²) in [6, 6.07) is 6.03. The lowest BCUT2D eigenvalue weighted by atomic mass is 9.79. The van der Waals surface area contributed by atoms with Crippen molar-refractivity contribution in [1.82, 2.24) is 0 Å². The second-order valence-corrected chi connectivity index (χ2v) is 11.2. The molecule has 1 atom stereocenters. The lowest BCUT2D eigenvalue weighted by Crippen LogP contribution is -2.37. The van der Waals surface area contributed by atoms with Crippen molar-refractivity contribution in [3.05, 3.63) is 54.1 Å². The predicted octanol–water partition coefficient (Wildman–Crippen LogP) is 7.12. The van der Waals surface area contributed by atoms with E-state index in [9.17, 15) is 23.5 Å². The molecular formula is C31H44F2O6. The third-order valence-electron chi connectivity index (χ3n) is 7.31. The van der Waals surface area contributed by atoms with Gasteiger partial charge in [-0.25, -0.2) is 9.59 Å². The van der Waals surface area contributed by atoms with Crippen LogP contribution < -0.4 is 4.74 Å². The lowest BCUT2D eigenvalue weighted by molar-refractivity contribution is -0.223. The Balaban J connectivity index is 2.03. The topological polar surface area (TPSA) is 82.1 Å². The van der Waals surface area contributed by atoms with Crippen LogP contribution in [0.3, 0.4) is 0 Å². The van der Waals surface area contributed by atoms with Gasteiger partial charge in [-0.05, 0) is 70.1 Å². The molecule has 0 heterocycles. The number of carbonyl (C=O) groups is 2. The maximum absolute atomic E-state index is 15.0. The summed E-state index contributed by atoms with van der Waals surface area (Å²) < 4.78 is 45.7. The standard InChI is InChI=1S/C31H44F2O6/c1-7-8-9-10-23-11-15-26(16-12-23)31(32,33)39-27-17-13-24(14-18-27)25(19-37-28(34)21(2)3)20-38-29(35)22(4)30(5,6)36/h13-14,17-18,23,25-26,36H,2,4,7-12,15-16,19-20H2,1,3,5-6H3. The summed E-state index contributed by atoms with van der Waals surface area (Å²) in [6.45, 7) is 13.3. The molecule has 1 saturated carbocycles. The number of hydrogen-bond donors (Lipinski definition) is 1. The summed E-state index contributed by atoms with van der Waals surface area (Å²) in [7, 11) is 0. The molecule has 1 aromatic carbocycles. The minimum absolute atomic E-state index is 0.0268. The van der Waals surface area contributed by atoms with Crippen molar-refractivity contribution >= 4 is 11.9 Å². The average molecular weight is 551 g/mol. The van der Waals surface area contributed by atoms with E-state index in [0.29, 0.717) is 24.3 Å². The van der Waals surface area contributed by atoms with E-state index >= 15 is 0 Å². The van der Waals surface area contributed by atoms with Crippen molar-refractivity contribution in [2.75, 3.05) is 13.2 Å². The van der Waals surface area contributed by atoms with Crippen LogP contribution in [0.5, 0.6) is 5.75 Å². The number of rotatable bonds is 15. The highest BCUT2D eigenvalue weighted by Gasteiger charge is 2.43. The van der Waals surface area contributed by atoms with Gasteiger partial charge < -0.3 is 19.3 Å². The summed E-state index contributed by atoms with van der Waals surface area (Å²) in [6.07, 6.45) is 3.82. The third kappa shape index (κ3) is 10.4. The van der Waals surface area contributed by atoms with Crippen LogP contribution in [0, 0.1) is 11.8 Å².